The third-order valence-corrected chi connectivity index (χ3v) is 4.90. The van der Waals surface area contributed by atoms with Crippen molar-refractivity contribution < 1.29 is 4.79 Å². The van der Waals surface area contributed by atoms with E-state index in [0.717, 1.165) is 29.3 Å². The van der Waals surface area contributed by atoms with Crippen molar-refractivity contribution in [3.8, 4) is 0 Å². The van der Waals surface area contributed by atoms with Gasteiger partial charge in [-0.05, 0) is 54.0 Å². The molecular formula is C21H25N7O. The molecule has 2 aliphatic rings. The number of anilines is 2. The van der Waals surface area contributed by atoms with Crippen molar-refractivity contribution in [1.82, 2.24) is 10.3 Å². The minimum atomic E-state index is -0.232. The highest BCUT2D eigenvalue weighted by atomic mass is 16.1. The van der Waals surface area contributed by atoms with Gasteiger partial charge in [0.1, 0.15) is 0 Å². The number of benzene rings is 2. The van der Waals surface area contributed by atoms with Crippen LogP contribution in [0.1, 0.15) is 30.6 Å². The first-order chi connectivity index (χ1) is 14.0. The summed E-state index contributed by atoms with van der Waals surface area (Å²) in [6.45, 7) is 4.97. The van der Waals surface area contributed by atoms with Crippen molar-refractivity contribution in [2.24, 2.45) is 21.4 Å². The minimum Gasteiger partial charge on any atom is -0.352 e. The van der Waals surface area contributed by atoms with Gasteiger partial charge in [0, 0.05) is 24.8 Å². The van der Waals surface area contributed by atoms with E-state index in [1.165, 1.54) is 0 Å². The maximum absolute atomic E-state index is 12.3. The molecule has 8 nitrogen and oxygen atoms in total. The zero-order valence-electron chi connectivity index (χ0n) is 16.8. The molecule has 2 aromatic carbocycles. The zero-order valence-corrected chi connectivity index (χ0v) is 16.8. The molecule has 4 rings (SSSR count). The third-order valence-electron chi connectivity index (χ3n) is 4.90. The molecule has 150 valence electrons. The Labute approximate surface area is 170 Å². The maximum Gasteiger partial charge on any atom is 0.251 e. The van der Waals surface area contributed by atoms with Crippen molar-refractivity contribution in [2.75, 3.05) is 23.9 Å². The van der Waals surface area contributed by atoms with Gasteiger partial charge in [0.2, 0.25) is 0 Å². The van der Waals surface area contributed by atoms with E-state index in [9.17, 15) is 4.79 Å². The van der Waals surface area contributed by atoms with Crippen LogP contribution < -0.4 is 15.6 Å². The van der Waals surface area contributed by atoms with E-state index in [0.29, 0.717) is 18.0 Å². The van der Waals surface area contributed by atoms with Gasteiger partial charge in [0.05, 0.1) is 11.4 Å². The number of hydrogen-bond acceptors (Lipinski definition) is 7. The van der Waals surface area contributed by atoms with Crippen molar-refractivity contribution in [3.63, 3.8) is 0 Å². The molecule has 0 bridgehead atoms. The lowest BCUT2D eigenvalue weighted by atomic mass is 10.1. The molecule has 0 fully saturated rings. The number of amidine groups is 1. The van der Waals surface area contributed by atoms with Crippen LogP contribution in [0.25, 0.3) is 0 Å². The van der Waals surface area contributed by atoms with Gasteiger partial charge in [-0.15, -0.1) is 0 Å². The van der Waals surface area contributed by atoms with Gasteiger partial charge in [-0.25, -0.2) is 15.0 Å². The fourth-order valence-electron chi connectivity index (χ4n) is 3.30. The molecule has 29 heavy (non-hydrogen) atoms. The molecule has 2 aliphatic heterocycles. The summed E-state index contributed by atoms with van der Waals surface area (Å²) >= 11 is 0. The topological polar surface area (TPSA) is 84.7 Å². The summed E-state index contributed by atoms with van der Waals surface area (Å²) in [5, 5.41) is 18.4. The van der Waals surface area contributed by atoms with E-state index in [1.807, 2.05) is 60.6 Å². The lowest BCUT2D eigenvalue weighted by Gasteiger charge is -2.31. The second-order valence-electron chi connectivity index (χ2n) is 7.60. The Kier molecular flexibility index (Phi) is 5.16. The van der Waals surface area contributed by atoms with Crippen LogP contribution in [-0.2, 0) is 0 Å². The average molecular weight is 391 g/mol. The van der Waals surface area contributed by atoms with Crippen LogP contribution in [0, 0.1) is 5.92 Å². The maximum atomic E-state index is 12.3. The van der Waals surface area contributed by atoms with Gasteiger partial charge < -0.3 is 10.6 Å². The standard InChI is InChI=1S/C21H25N7O/c1-14(2)12-13-22-20(29)15-8-10-16(11-9-15)23-19-21-27(3)25-26-28(21)18-7-5-4-6-17(18)24-19/h4-11,14,21H,12-13H2,1-3H3,(H,22,29)(H,23,24). The van der Waals surface area contributed by atoms with Crippen LogP contribution in [0.5, 0.6) is 0 Å². The molecule has 2 heterocycles. The van der Waals surface area contributed by atoms with Crippen molar-refractivity contribution >= 4 is 28.8 Å². The summed E-state index contributed by atoms with van der Waals surface area (Å²) in [6.07, 6.45) is 0.734. The Morgan fingerprint density at radius 2 is 1.86 bits per heavy atom. The molecular weight excluding hydrogens is 366 g/mol. The molecule has 2 aromatic rings. The summed E-state index contributed by atoms with van der Waals surface area (Å²) in [5.41, 5.74) is 3.24. The largest absolute Gasteiger partial charge is 0.352 e. The lowest BCUT2D eigenvalue weighted by Crippen LogP contribution is -2.48. The smallest absolute Gasteiger partial charge is 0.251 e. The molecule has 1 amide bonds. The van der Waals surface area contributed by atoms with Crippen LogP contribution in [0.4, 0.5) is 17.1 Å². The zero-order chi connectivity index (χ0) is 20.4. The quantitative estimate of drug-likeness (QED) is 0.807. The SMILES string of the molecule is CC(C)CCNC(=O)c1ccc(NC2=Nc3ccccc3N3N=NN(C)C23)cc1. The number of para-hydroxylation sites is 2. The Morgan fingerprint density at radius 3 is 2.62 bits per heavy atom. The number of fused-ring (bicyclic) bond motifs is 3. The first kappa shape index (κ1) is 18.9. The van der Waals surface area contributed by atoms with E-state index in [4.69, 9.17) is 4.99 Å². The number of rotatable bonds is 5. The van der Waals surface area contributed by atoms with Gasteiger partial charge in [-0.1, -0.05) is 31.2 Å². The number of hydrogen-bond donors (Lipinski definition) is 2. The molecule has 0 radical (unpaired) electrons. The fourth-order valence-corrected chi connectivity index (χ4v) is 3.30. The van der Waals surface area contributed by atoms with Crippen molar-refractivity contribution in [3.05, 3.63) is 54.1 Å². The average Bonchev–Trinajstić information content (AvgIpc) is 3.10. The highest BCUT2D eigenvalue weighted by Crippen LogP contribution is 2.37. The summed E-state index contributed by atoms with van der Waals surface area (Å²) in [5.74, 6) is 1.24. The van der Waals surface area contributed by atoms with Gasteiger partial charge >= 0.3 is 0 Å². The van der Waals surface area contributed by atoms with Crippen LogP contribution in [0.2, 0.25) is 0 Å². The normalized spacial score (nSPS) is 17.1. The van der Waals surface area contributed by atoms with Crippen molar-refractivity contribution in [2.45, 2.75) is 26.4 Å². The third kappa shape index (κ3) is 3.91. The number of likely N-dealkylation sites (N-methyl/N-ethyl adjacent to an activating group) is 1. The number of carbonyl (C=O) groups is 1. The van der Waals surface area contributed by atoms with E-state index >= 15 is 0 Å². The molecule has 2 N–H and O–H groups in total. The van der Waals surface area contributed by atoms with E-state index < -0.39 is 0 Å². The number of aliphatic imine (C=N–C) groups is 1. The summed E-state index contributed by atoms with van der Waals surface area (Å²) in [6, 6.07) is 15.2. The molecule has 0 saturated carbocycles. The van der Waals surface area contributed by atoms with Gasteiger partial charge in [-0.3, -0.25) is 4.79 Å². The minimum absolute atomic E-state index is 0.0552. The molecule has 1 unspecified atom stereocenters. The lowest BCUT2D eigenvalue weighted by molar-refractivity contribution is 0.0952. The van der Waals surface area contributed by atoms with Gasteiger partial charge in [-0.2, -0.15) is 0 Å². The number of nitrogens with one attached hydrogen (secondary N) is 2. The first-order valence-electron chi connectivity index (χ1n) is 9.79. The highest BCUT2D eigenvalue weighted by molar-refractivity contribution is 6.05. The second kappa shape index (κ2) is 7.90. The van der Waals surface area contributed by atoms with Crippen LogP contribution in [0.15, 0.2) is 64.0 Å². The number of carbonyl (C=O) groups excluding carboxylic acids is 1. The summed E-state index contributed by atoms with van der Waals surface area (Å²) in [7, 11) is 1.86. The summed E-state index contributed by atoms with van der Waals surface area (Å²) in [4.78, 5) is 17.0. The first-order valence-corrected chi connectivity index (χ1v) is 9.79. The van der Waals surface area contributed by atoms with Gasteiger partial charge in [0.25, 0.3) is 5.91 Å². The van der Waals surface area contributed by atoms with Crippen molar-refractivity contribution in [1.29, 1.82) is 0 Å². The number of amides is 1. The van der Waals surface area contributed by atoms with Crippen LogP contribution in [-0.4, -0.2) is 36.5 Å². The predicted octanol–water partition coefficient (Wildman–Crippen LogP) is 3.98. The molecule has 8 heteroatoms. The Morgan fingerprint density at radius 1 is 1.10 bits per heavy atom. The molecule has 0 aromatic heterocycles. The van der Waals surface area contributed by atoms with Gasteiger partial charge in [0.15, 0.2) is 12.0 Å². The molecule has 0 spiro atoms. The Bertz CT molecular complexity index is 952. The highest BCUT2D eigenvalue weighted by Gasteiger charge is 2.37. The van der Waals surface area contributed by atoms with E-state index in [-0.39, 0.29) is 12.1 Å². The molecule has 1 atom stereocenters. The second-order valence-corrected chi connectivity index (χ2v) is 7.60. The summed E-state index contributed by atoms with van der Waals surface area (Å²) < 4.78 is 0. The predicted molar refractivity (Wildman–Crippen MR) is 114 cm³/mol. The number of nitrogens with zero attached hydrogens (tertiary/aromatic N) is 5. The Balaban J connectivity index is 1.49. The Hall–Kier alpha value is -3.42. The van der Waals surface area contributed by atoms with E-state index in [1.54, 1.807) is 5.01 Å². The monoisotopic (exact) mass is 391 g/mol. The van der Waals surface area contributed by atoms with Crippen LogP contribution in [0.3, 0.4) is 0 Å². The fraction of sp³-hybridized carbons (Fsp3) is 0.333. The molecule has 0 saturated heterocycles. The van der Waals surface area contributed by atoms with Crippen LogP contribution >= 0.6 is 0 Å². The molecule has 0 aliphatic carbocycles. The van der Waals surface area contributed by atoms with E-state index in [2.05, 4.69) is 34.9 Å².